The lowest BCUT2D eigenvalue weighted by Crippen LogP contribution is -2.10. The Balaban J connectivity index is 2.30. The number of phenolic OH excluding ortho intramolecular Hbond substituents is 1. The van der Waals surface area contributed by atoms with Gasteiger partial charge in [0.2, 0.25) is 0 Å². The summed E-state index contributed by atoms with van der Waals surface area (Å²) < 4.78 is 23.9. The fraction of sp³-hybridized carbons (Fsp3) is 0.316. The normalized spacial score (nSPS) is 12.7. The number of nitrogens with zero attached hydrogens (tertiary/aromatic N) is 1. The predicted octanol–water partition coefficient (Wildman–Crippen LogP) is 4.23. The lowest BCUT2D eigenvalue weighted by molar-refractivity contribution is 0.476. The van der Waals surface area contributed by atoms with Crippen molar-refractivity contribution in [1.82, 2.24) is 0 Å². The van der Waals surface area contributed by atoms with Gasteiger partial charge in [-0.1, -0.05) is 52.0 Å². The number of hydrogen-bond donors (Lipinski definition) is 1. The van der Waals surface area contributed by atoms with Gasteiger partial charge in [0.15, 0.2) is 9.84 Å². The van der Waals surface area contributed by atoms with Gasteiger partial charge in [-0.05, 0) is 34.7 Å². The molecule has 0 aliphatic rings. The van der Waals surface area contributed by atoms with E-state index in [1.54, 1.807) is 13.1 Å². The van der Waals surface area contributed by atoms with Gasteiger partial charge in [-0.3, -0.25) is 4.99 Å². The van der Waals surface area contributed by atoms with E-state index in [0.29, 0.717) is 0 Å². The number of rotatable bonds is 4. The first kappa shape index (κ1) is 18.2. The highest BCUT2D eigenvalue weighted by Crippen LogP contribution is 2.29. The molecule has 0 atom stereocenters. The molecule has 2 aromatic rings. The predicted molar refractivity (Wildman–Crippen MR) is 98.2 cm³/mol. The Kier molecular flexibility index (Phi) is 5.13. The third-order valence-electron chi connectivity index (χ3n) is 3.82. The molecule has 0 aliphatic heterocycles. The average Bonchev–Trinajstić information content (AvgIpc) is 2.53. The summed E-state index contributed by atoms with van der Waals surface area (Å²) in [6.45, 7) is 8.03. The van der Waals surface area contributed by atoms with Crippen molar-refractivity contribution in [1.29, 1.82) is 0 Å². The highest BCUT2D eigenvalue weighted by molar-refractivity contribution is 7.91. The van der Waals surface area contributed by atoms with Crippen LogP contribution >= 0.6 is 0 Å². The second kappa shape index (κ2) is 6.77. The first-order valence-electron chi connectivity index (χ1n) is 7.84. The number of sulfone groups is 1. The third-order valence-corrected chi connectivity index (χ3v) is 5.55. The van der Waals surface area contributed by atoms with E-state index in [2.05, 4.69) is 25.8 Å². The molecule has 2 aromatic carbocycles. The van der Waals surface area contributed by atoms with Gasteiger partial charge in [-0.25, -0.2) is 8.42 Å². The molecule has 0 radical (unpaired) electrons. The molecule has 0 spiro atoms. The molecule has 0 saturated heterocycles. The van der Waals surface area contributed by atoms with Crippen molar-refractivity contribution >= 4 is 21.7 Å². The summed E-state index contributed by atoms with van der Waals surface area (Å²) >= 11 is 0. The minimum atomic E-state index is -3.33. The Morgan fingerprint density at radius 2 is 1.71 bits per heavy atom. The second-order valence-electron chi connectivity index (χ2n) is 6.68. The van der Waals surface area contributed by atoms with Gasteiger partial charge in [0.25, 0.3) is 0 Å². The van der Waals surface area contributed by atoms with Gasteiger partial charge in [0, 0.05) is 6.21 Å². The number of hydrogen-bond acceptors (Lipinski definition) is 4. The summed E-state index contributed by atoms with van der Waals surface area (Å²) in [5.41, 5.74) is 2.42. The topological polar surface area (TPSA) is 66.7 Å². The van der Waals surface area contributed by atoms with E-state index in [4.69, 9.17) is 0 Å². The molecule has 128 valence electrons. The van der Waals surface area contributed by atoms with Crippen molar-refractivity contribution in [3.8, 4) is 5.75 Å². The molecule has 0 saturated carbocycles. The van der Waals surface area contributed by atoms with Crippen LogP contribution in [-0.2, 0) is 15.3 Å². The summed E-state index contributed by atoms with van der Waals surface area (Å²) in [6.07, 6.45) is 1.61. The molecule has 0 unspecified atom stereocenters. The average molecular weight is 345 g/mol. The Labute approximate surface area is 143 Å². The molecule has 4 nitrogen and oxygen atoms in total. The molecular formula is C19H23NO3S. The fourth-order valence-corrected chi connectivity index (χ4v) is 3.08. The molecule has 2 rings (SSSR count). The van der Waals surface area contributed by atoms with Crippen molar-refractivity contribution in [2.45, 2.75) is 38.0 Å². The Bertz CT molecular complexity index is 845. The summed E-state index contributed by atoms with van der Waals surface area (Å²) in [5, 5.41) is 9.89. The van der Waals surface area contributed by atoms with E-state index in [1.807, 2.05) is 24.3 Å². The van der Waals surface area contributed by atoms with Gasteiger partial charge in [-0.2, -0.15) is 0 Å². The van der Waals surface area contributed by atoms with Crippen molar-refractivity contribution < 1.29 is 13.5 Å². The summed E-state index contributed by atoms with van der Waals surface area (Å²) in [4.78, 5) is 4.40. The van der Waals surface area contributed by atoms with Crippen molar-refractivity contribution in [3.05, 3.63) is 53.6 Å². The quantitative estimate of drug-likeness (QED) is 0.843. The first-order valence-corrected chi connectivity index (χ1v) is 9.49. The number of aromatic hydroxyl groups is 1. The van der Waals surface area contributed by atoms with Gasteiger partial charge in [0.05, 0.1) is 10.6 Å². The summed E-state index contributed by atoms with van der Waals surface area (Å²) in [7, 11) is -3.33. The third kappa shape index (κ3) is 4.23. The SMILES string of the molecule is CCS(=O)(=O)c1ccc(O)c(N=Cc2ccc(C(C)(C)C)cc2)c1. The summed E-state index contributed by atoms with van der Waals surface area (Å²) in [5.74, 6) is -0.0394. The molecule has 24 heavy (non-hydrogen) atoms. The zero-order valence-corrected chi connectivity index (χ0v) is 15.3. The molecule has 0 fully saturated rings. The molecule has 0 aliphatic carbocycles. The molecule has 0 amide bonds. The van der Waals surface area contributed by atoms with Crippen LogP contribution in [0.25, 0.3) is 0 Å². The highest BCUT2D eigenvalue weighted by atomic mass is 32.2. The minimum absolute atomic E-state index is 0.00912. The molecule has 0 heterocycles. The zero-order chi connectivity index (χ0) is 18.0. The second-order valence-corrected chi connectivity index (χ2v) is 8.96. The first-order chi connectivity index (χ1) is 11.1. The molecular weight excluding hydrogens is 322 g/mol. The van der Waals surface area contributed by atoms with Crippen LogP contribution < -0.4 is 0 Å². The van der Waals surface area contributed by atoms with Crippen molar-refractivity contribution in [2.24, 2.45) is 4.99 Å². The lowest BCUT2D eigenvalue weighted by Gasteiger charge is -2.18. The van der Waals surface area contributed by atoms with E-state index in [1.165, 1.54) is 23.8 Å². The van der Waals surface area contributed by atoms with Crippen LogP contribution in [0.2, 0.25) is 0 Å². The van der Waals surface area contributed by atoms with E-state index < -0.39 is 9.84 Å². The maximum atomic E-state index is 11.9. The summed E-state index contributed by atoms with van der Waals surface area (Å²) in [6, 6.07) is 12.1. The van der Waals surface area contributed by atoms with E-state index in [9.17, 15) is 13.5 Å². The molecule has 5 heteroatoms. The molecule has 0 aromatic heterocycles. The minimum Gasteiger partial charge on any atom is -0.506 e. The maximum absolute atomic E-state index is 11.9. The lowest BCUT2D eigenvalue weighted by atomic mass is 9.87. The Morgan fingerprint density at radius 3 is 2.25 bits per heavy atom. The van der Waals surface area contributed by atoms with E-state index in [0.717, 1.165) is 5.56 Å². The zero-order valence-electron chi connectivity index (χ0n) is 14.4. The fourth-order valence-electron chi connectivity index (χ4n) is 2.18. The highest BCUT2D eigenvalue weighted by Gasteiger charge is 2.14. The monoisotopic (exact) mass is 345 g/mol. The van der Waals surface area contributed by atoms with Crippen molar-refractivity contribution in [2.75, 3.05) is 5.75 Å². The Hall–Kier alpha value is -2.14. The van der Waals surface area contributed by atoms with Gasteiger partial charge in [0.1, 0.15) is 11.4 Å². The van der Waals surface area contributed by atoms with Crippen LogP contribution in [0, 0.1) is 0 Å². The smallest absolute Gasteiger partial charge is 0.178 e. The van der Waals surface area contributed by atoms with Gasteiger partial charge in [-0.15, -0.1) is 0 Å². The van der Waals surface area contributed by atoms with Gasteiger partial charge >= 0.3 is 0 Å². The van der Waals surface area contributed by atoms with Crippen LogP contribution in [0.15, 0.2) is 52.4 Å². The molecule has 0 bridgehead atoms. The Morgan fingerprint density at radius 1 is 1.08 bits per heavy atom. The van der Waals surface area contributed by atoms with Crippen LogP contribution in [0.1, 0.15) is 38.8 Å². The maximum Gasteiger partial charge on any atom is 0.178 e. The van der Waals surface area contributed by atoms with E-state index in [-0.39, 0.29) is 27.5 Å². The van der Waals surface area contributed by atoms with Crippen molar-refractivity contribution in [3.63, 3.8) is 0 Å². The standard InChI is InChI=1S/C19H23NO3S/c1-5-24(22,23)16-10-11-18(21)17(12-16)20-13-14-6-8-15(9-7-14)19(2,3)4/h6-13,21H,5H2,1-4H3. The van der Waals surface area contributed by atoms with Crippen LogP contribution in [0.3, 0.4) is 0 Å². The van der Waals surface area contributed by atoms with Crippen LogP contribution in [-0.4, -0.2) is 25.5 Å². The van der Waals surface area contributed by atoms with E-state index >= 15 is 0 Å². The number of phenols is 1. The number of aliphatic imine (C=N–C) groups is 1. The number of benzene rings is 2. The van der Waals surface area contributed by atoms with Crippen LogP contribution in [0.5, 0.6) is 5.75 Å². The largest absolute Gasteiger partial charge is 0.506 e. The molecule has 1 N–H and O–H groups in total. The van der Waals surface area contributed by atoms with Crippen LogP contribution in [0.4, 0.5) is 5.69 Å². The van der Waals surface area contributed by atoms with Gasteiger partial charge < -0.3 is 5.11 Å².